The molecule has 122 valence electrons. The third-order valence-corrected chi connectivity index (χ3v) is 4.07. The highest BCUT2D eigenvalue weighted by atomic mass is 16.5. The number of hydrogen-bond donors (Lipinski definition) is 1. The second kappa shape index (κ2) is 6.76. The van der Waals surface area contributed by atoms with Crippen LogP contribution < -0.4 is 10.9 Å². The summed E-state index contributed by atoms with van der Waals surface area (Å²) < 4.78 is 6.49. The number of hydrogen-bond acceptors (Lipinski definition) is 5. The van der Waals surface area contributed by atoms with Crippen LogP contribution in [-0.4, -0.2) is 26.7 Å². The lowest BCUT2D eigenvalue weighted by Crippen LogP contribution is -2.40. The van der Waals surface area contributed by atoms with Gasteiger partial charge in [0.1, 0.15) is 12.2 Å². The highest BCUT2D eigenvalue weighted by molar-refractivity contribution is 5.76. The Labute approximate surface area is 133 Å². The van der Waals surface area contributed by atoms with Gasteiger partial charge in [0, 0.05) is 12.1 Å². The van der Waals surface area contributed by atoms with Gasteiger partial charge in [0.15, 0.2) is 5.82 Å². The molecular formula is C16H20N4O3. The van der Waals surface area contributed by atoms with E-state index in [-0.39, 0.29) is 29.9 Å². The molecule has 7 heteroatoms. The van der Waals surface area contributed by atoms with E-state index < -0.39 is 0 Å². The van der Waals surface area contributed by atoms with Crippen molar-refractivity contribution < 1.29 is 9.32 Å². The summed E-state index contributed by atoms with van der Waals surface area (Å²) in [5.41, 5.74) is 0.189. The Morgan fingerprint density at radius 1 is 1.35 bits per heavy atom. The quantitative estimate of drug-likeness (QED) is 0.926. The van der Waals surface area contributed by atoms with Crippen molar-refractivity contribution in [3.05, 3.63) is 34.4 Å². The Kier molecular flexibility index (Phi) is 4.55. The minimum Gasteiger partial charge on any atom is -0.352 e. The number of aryl methyl sites for hydroxylation is 1. The van der Waals surface area contributed by atoms with Crippen LogP contribution in [0.2, 0.25) is 0 Å². The largest absolute Gasteiger partial charge is 0.352 e. The van der Waals surface area contributed by atoms with E-state index in [1.165, 1.54) is 17.1 Å². The number of aromatic nitrogens is 3. The molecule has 2 aromatic rings. The molecule has 2 aromatic heterocycles. The van der Waals surface area contributed by atoms with Crippen LogP contribution >= 0.6 is 0 Å². The monoisotopic (exact) mass is 316 g/mol. The van der Waals surface area contributed by atoms with Crippen LogP contribution in [0.25, 0.3) is 11.6 Å². The van der Waals surface area contributed by atoms with E-state index in [4.69, 9.17) is 4.52 Å². The zero-order chi connectivity index (χ0) is 16.2. The lowest BCUT2D eigenvalue weighted by molar-refractivity contribution is -0.122. The van der Waals surface area contributed by atoms with E-state index in [9.17, 15) is 9.59 Å². The molecule has 0 saturated heterocycles. The van der Waals surface area contributed by atoms with Crippen LogP contribution in [0.3, 0.4) is 0 Å². The molecular weight excluding hydrogens is 296 g/mol. The van der Waals surface area contributed by atoms with Gasteiger partial charge in [0.25, 0.3) is 11.4 Å². The van der Waals surface area contributed by atoms with Crippen LogP contribution in [0.5, 0.6) is 0 Å². The molecule has 0 aromatic carbocycles. The molecule has 0 spiro atoms. The number of amides is 1. The van der Waals surface area contributed by atoms with Crippen molar-refractivity contribution in [1.82, 2.24) is 20.0 Å². The van der Waals surface area contributed by atoms with Crippen molar-refractivity contribution in [2.75, 3.05) is 0 Å². The van der Waals surface area contributed by atoms with Gasteiger partial charge in [-0.05, 0) is 25.8 Å². The van der Waals surface area contributed by atoms with E-state index in [0.717, 1.165) is 25.7 Å². The summed E-state index contributed by atoms with van der Waals surface area (Å²) >= 11 is 0. The minimum absolute atomic E-state index is 0.0487. The number of carbonyl (C=O) groups excluding carboxylic acids is 1. The first-order chi connectivity index (χ1) is 11.1. The van der Waals surface area contributed by atoms with Crippen molar-refractivity contribution in [2.45, 2.75) is 51.6 Å². The fourth-order valence-electron chi connectivity index (χ4n) is 2.94. The first-order valence-corrected chi connectivity index (χ1v) is 7.93. The Hall–Kier alpha value is -2.44. The molecule has 0 aliphatic heterocycles. The van der Waals surface area contributed by atoms with E-state index in [2.05, 4.69) is 15.5 Å². The zero-order valence-electron chi connectivity index (χ0n) is 13.1. The lowest BCUT2D eigenvalue weighted by Gasteiger charge is -2.23. The standard InChI is InChI=1S/C16H20N4O3/c1-11-17-16(23-19-11)13-8-5-9-15(22)20(13)10-14(21)18-12-6-3-2-4-7-12/h5,8-9,12H,2-4,6-7,10H2,1H3,(H,18,21). The molecule has 0 radical (unpaired) electrons. The maximum absolute atomic E-state index is 12.3. The van der Waals surface area contributed by atoms with Gasteiger partial charge in [-0.2, -0.15) is 4.98 Å². The smallest absolute Gasteiger partial charge is 0.274 e. The lowest BCUT2D eigenvalue weighted by atomic mass is 9.95. The third-order valence-electron chi connectivity index (χ3n) is 4.07. The topological polar surface area (TPSA) is 90.0 Å². The molecule has 1 N–H and O–H groups in total. The number of pyridine rings is 1. The Morgan fingerprint density at radius 2 is 2.13 bits per heavy atom. The second-order valence-electron chi connectivity index (χ2n) is 5.88. The number of rotatable bonds is 4. The first kappa shape index (κ1) is 15.5. The summed E-state index contributed by atoms with van der Waals surface area (Å²) in [5, 5.41) is 6.75. The molecule has 1 amide bonds. The molecule has 2 heterocycles. The molecule has 23 heavy (non-hydrogen) atoms. The normalized spacial score (nSPS) is 15.5. The van der Waals surface area contributed by atoms with Gasteiger partial charge in [-0.15, -0.1) is 0 Å². The van der Waals surface area contributed by atoms with Gasteiger partial charge in [-0.1, -0.05) is 30.5 Å². The van der Waals surface area contributed by atoms with Crippen LogP contribution in [0.1, 0.15) is 37.9 Å². The van der Waals surface area contributed by atoms with Crippen LogP contribution in [0.4, 0.5) is 0 Å². The molecule has 0 unspecified atom stereocenters. The van der Waals surface area contributed by atoms with E-state index >= 15 is 0 Å². The SMILES string of the molecule is Cc1noc(-c2cccc(=O)n2CC(=O)NC2CCCCC2)n1. The van der Waals surface area contributed by atoms with E-state index in [0.29, 0.717) is 11.5 Å². The molecule has 1 fully saturated rings. The Balaban J connectivity index is 1.79. The molecule has 3 rings (SSSR count). The fraction of sp³-hybridized carbons (Fsp3) is 0.500. The molecule has 7 nitrogen and oxygen atoms in total. The van der Waals surface area contributed by atoms with Gasteiger partial charge < -0.3 is 9.84 Å². The van der Waals surface area contributed by atoms with E-state index in [1.54, 1.807) is 19.1 Å². The molecule has 1 saturated carbocycles. The van der Waals surface area contributed by atoms with Gasteiger partial charge >= 0.3 is 0 Å². The predicted molar refractivity (Wildman–Crippen MR) is 83.7 cm³/mol. The number of nitrogens with zero attached hydrogens (tertiary/aromatic N) is 3. The van der Waals surface area contributed by atoms with Gasteiger partial charge in [0.05, 0.1) is 0 Å². The summed E-state index contributed by atoms with van der Waals surface area (Å²) in [6, 6.07) is 4.94. The minimum atomic E-state index is -0.267. The molecule has 1 aliphatic carbocycles. The average molecular weight is 316 g/mol. The maximum Gasteiger partial charge on any atom is 0.274 e. The zero-order valence-corrected chi connectivity index (χ0v) is 13.1. The Bertz CT molecular complexity index is 744. The fourth-order valence-corrected chi connectivity index (χ4v) is 2.94. The summed E-state index contributed by atoms with van der Waals surface area (Å²) in [4.78, 5) is 28.6. The number of carbonyl (C=O) groups is 1. The molecule has 0 atom stereocenters. The van der Waals surface area contributed by atoms with Crippen molar-refractivity contribution >= 4 is 5.91 Å². The highest BCUT2D eigenvalue weighted by Gasteiger charge is 2.18. The van der Waals surface area contributed by atoms with Crippen molar-refractivity contribution in [3.63, 3.8) is 0 Å². The maximum atomic E-state index is 12.3. The number of nitrogens with one attached hydrogen (secondary N) is 1. The van der Waals surface area contributed by atoms with Gasteiger partial charge in [-0.3, -0.25) is 14.2 Å². The Morgan fingerprint density at radius 3 is 2.83 bits per heavy atom. The van der Waals surface area contributed by atoms with Crippen LogP contribution in [0, 0.1) is 6.92 Å². The van der Waals surface area contributed by atoms with Crippen molar-refractivity contribution in [3.8, 4) is 11.6 Å². The summed E-state index contributed by atoms with van der Waals surface area (Å²) in [5.74, 6) is 0.558. The van der Waals surface area contributed by atoms with E-state index in [1.807, 2.05) is 0 Å². The van der Waals surface area contributed by atoms with Gasteiger partial charge in [-0.25, -0.2) is 0 Å². The third kappa shape index (κ3) is 3.67. The average Bonchev–Trinajstić information content (AvgIpc) is 2.96. The molecule has 0 bridgehead atoms. The van der Waals surface area contributed by atoms with Crippen molar-refractivity contribution in [1.29, 1.82) is 0 Å². The second-order valence-corrected chi connectivity index (χ2v) is 5.88. The summed E-state index contributed by atoms with van der Waals surface area (Å²) in [6.07, 6.45) is 5.52. The predicted octanol–water partition coefficient (Wildman–Crippen LogP) is 1.66. The van der Waals surface area contributed by atoms with Crippen LogP contribution in [-0.2, 0) is 11.3 Å². The summed E-state index contributed by atoms with van der Waals surface area (Å²) in [6.45, 7) is 1.65. The summed E-state index contributed by atoms with van der Waals surface area (Å²) in [7, 11) is 0. The molecule has 1 aliphatic rings. The van der Waals surface area contributed by atoms with Gasteiger partial charge in [0.2, 0.25) is 5.91 Å². The highest BCUT2D eigenvalue weighted by Crippen LogP contribution is 2.18. The van der Waals surface area contributed by atoms with Crippen LogP contribution in [0.15, 0.2) is 27.5 Å². The first-order valence-electron chi connectivity index (χ1n) is 7.93. The van der Waals surface area contributed by atoms with Crippen molar-refractivity contribution in [2.24, 2.45) is 0 Å².